The molecular formula is C15H19NO3. The number of likely N-dealkylation sites (N-methyl/N-ethyl adjacent to an activating group) is 1. The summed E-state index contributed by atoms with van der Waals surface area (Å²) in [5, 5.41) is 10.2. The van der Waals surface area contributed by atoms with Gasteiger partial charge in [-0.2, -0.15) is 0 Å². The number of rotatable bonds is 4. The third-order valence-electron chi connectivity index (χ3n) is 3.31. The zero-order valence-corrected chi connectivity index (χ0v) is 11.3. The van der Waals surface area contributed by atoms with Crippen LogP contribution in [0.15, 0.2) is 36.0 Å². The predicted octanol–water partition coefficient (Wildman–Crippen LogP) is 1.66. The first-order valence-electron chi connectivity index (χ1n) is 6.49. The van der Waals surface area contributed by atoms with Gasteiger partial charge in [-0.25, -0.2) is 4.79 Å². The van der Waals surface area contributed by atoms with Crippen LogP contribution in [0.3, 0.4) is 0 Å². The van der Waals surface area contributed by atoms with Crippen molar-refractivity contribution >= 4 is 11.5 Å². The summed E-state index contributed by atoms with van der Waals surface area (Å²) in [5.74, 6) is -0.584. The lowest BCUT2D eigenvalue weighted by molar-refractivity contribution is -0.151. The van der Waals surface area contributed by atoms with E-state index in [1.54, 1.807) is 6.92 Å². The standard InChI is InChI=1S/C15H19NO3/c1-3-19-15(18)14(17)13-12(9-10-16(13)2)11-7-5-4-6-8-11/h4-8,14,17H,3,9-10H2,1-2H3. The quantitative estimate of drug-likeness (QED) is 0.837. The van der Waals surface area contributed by atoms with Gasteiger partial charge in [-0.3, -0.25) is 0 Å². The van der Waals surface area contributed by atoms with E-state index in [9.17, 15) is 9.90 Å². The first kappa shape index (κ1) is 13.6. The molecule has 0 saturated carbocycles. The van der Waals surface area contributed by atoms with Crippen molar-refractivity contribution in [2.24, 2.45) is 0 Å². The number of aliphatic hydroxyl groups excluding tert-OH is 1. The zero-order chi connectivity index (χ0) is 13.8. The maximum absolute atomic E-state index is 11.7. The van der Waals surface area contributed by atoms with Crippen molar-refractivity contribution in [1.82, 2.24) is 4.90 Å². The van der Waals surface area contributed by atoms with E-state index < -0.39 is 12.1 Å². The number of ether oxygens (including phenoxy) is 1. The van der Waals surface area contributed by atoms with Crippen LogP contribution in [0.4, 0.5) is 0 Å². The number of aliphatic hydroxyl groups is 1. The Morgan fingerprint density at radius 1 is 1.42 bits per heavy atom. The smallest absolute Gasteiger partial charge is 0.341 e. The molecule has 0 aromatic heterocycles. The Labute approximate surface area is 113 Å². The van der Waals surface area contributed by atoms with Gasteiger partial charge in [0.1, 0.15) is 0 Å². The van der Waals surface area contributed by atoms with Crippen LogP contribution in [-0.2, 0) is 9.53 Å². The molecule has 0 aliphatic carbocycles. The van der Waals surface area contributed by atoms with E-state index in [1.165, 1.54) is 0 Å². The van der Waals surface area contributed by atoms with E-state index >= 15 is 0 Å². The van der Waals surface area contributed by atoms with Crippen molar-refractivity contribution in [2.75, 3.05) is 20.2 Å². The summed E-state index contributed by atoms with van der Waals surface area (Å²) in [5.41, 5.74) is 2.72. The van der Waals surface area contributed by atoms with Crippen molar-refractivity contribution in [3.05, 3.63) is 41.6 Å². The summed E-state index contributed by atoms with van der Waals surface area (Å²) >= 11 is 0. The molecule has 4 heteroatoms. The second-order valence-corrected chi connectivity index (χ2v) is 4.56. The molecule has 19 heavy (non-hydrogen) atoms. The van der Waals surface area contributed by atoms with Crippen LogP contribution in [0, 0.1) is 0 Å². The SMILES string of the molecule is CCOC(=O)C(O)C1=C(c2ccccc2)CCN1C. The van der Waals surface area contributed by atoms with E-state index in [0.717, 1.165) is 24.1 Å². The largest absolute Gasteiger partial charge is 0.464 e. The Kier molecular flexibility index (Phi) is 4.22. The molecule has 0 amide bonds. The predicted molar refractivity (Wildman–Crippen MR) is 73.2 cm³/mol. The Morgan fingerprint density at radius 3 is 2.74 bits per heavy atom. The zero-order valence-electron chi connectivity index (χ0n) is 11.3. The molecule has 1 aromatic rings. The maximum Gasteiger partial charge on any atom is 0.341 e. The number of benzene rings is 1. The van der Waals surface area contributed by atoms with E-state index in [-0.39, 0.29) is 6.61 Å². The fourth-order valence-electron chi connectivity index (χ4n) is 2.40. The summed E-state index contributed by atoms with van der Waals surface area (Å²) in [6.07, 6.45) is -0.380. The maximum atomic E-state index is 11.7. The molecule has 0 spiro atoms. The van der Waals surface area contributed by atoms with Gasteiger partial charge < -0.3 is 14.7 Å². The van der Waals surface area contributed by atoms with E-state index in [2.05, 4.69) is 0 Å². The lowest BCUT2D eigenvalue weighted by Crippen LogP contribution is -2.32. The van der Waals surface area contributed by atoms with Gasteiger partial charge in [-0.15, -0.1) is 0 Å². The van der Waals surface area contributed by atoms with Gasteiger partial charge in [0, 0.05) is 13.6 Å². The van der Waals surface area contributed by atoms with Crippen LogP contribution in [0.1, 0.15) is 18.9 Å². The minimum Gasteiger partial charge on any atom is -0.464 e. The minimum absolute atomic E-state index is 0.271. The molecule has 1 unspecified atom stereocenters. The number of carbonyl (C=O) groups excluding carboxylic acids is 1. The average molecular weight is 261 g/mol. The van der Waals surface area contributed by atoms with Gasteiger partial charge >= 0.3 is 5.97 Å². The molecule has 1 N–H and O–H groups in total. The molecule has 0 bridgehead atoms. The van der Waals surface area contributed by atoms with Crippen LogP contribution in [-0.4, -0.2) is 42.3 Å². The fourth-order valence-corrected chi connectivity index (χ4v) is 2.40. The van der Waals surface area contributed by atoms with Gasteiger partial charge in [0.25, 0.3) is 0 Å². The number of hydrogen-bond donors (Lipinski definition) is 1. The number of esters is 1. The third-order valence-corrected chi connectivity index (χ3v) is 3.31. The van der Waals surface area contributed by atoms with Gasteiger partial charge in [-0.1, -0.05) is 30.3 Å². The van der Waals surface area contributed by atoms with Crippen LogP contribution < -0.4 is 0 Å². The average Bonchev–Trinajstić information content (AvgIpc) is 2.81. The lowest BCUT2D eigenvalue weighted by Gasteiger charge is -2.21. The first-order chi connectivity index (χ1) is 9.15. The highest BCUT2D eigenvalue weighted by Gasteiger charge is 2.31. The second-order valence-electron chi connectivity index (χ2n) is 4.56. The monoisotopic (exact) mass is 261 g/mol. The van der Waals surface area contributed by atoms with E-state index in [4.69, 9.17) is 4.74 Å². The summed E-state index contributed by atoms with van der Waals surface area (Å²) in [7, 11) is 1.88. The summed E-state index contributed by atoms with van der Waals surface area (Å²) in [6.45, 7) is 2.80. The summed E-state index contributed by atoms with van der Waals surface area (Å²) in [4.78, 5) is 13.6. The van der Waals surface area contributed by atoms with Crippen LogP contribution in [0.5, 0.6) is 0 Å². The molecule has 2 rings (SSSR count). The van der Waals surface area contributed by atoms with Crippen molar-refractivity contribution < 1.29 is 14.6 Å². The number of nitrogens with zero attached hydrogens (tertiary/aromatic N) is 1. The summed E-state index contributed by atoms with van der Waals surface area (Å²) < 4.78 is 4.90. The molecule has 1 heterocycles. The van der Waals surface area contributed by atoms with Crippen molar-refractivity contribution in [2.45, 2.75) is 19.4 Å². The molecule has 0 fully saturated rings. The van der Waals surface area contributed by atoms with E-state index in [1.807, 2.05) is 42.3 Å². The Balaban J connectivity index is 2.35. The molecule has 1 atom stereocenters. The highest BCUT2D eigenvalue weighted by atomic mass is 16.5. The van der Waals surface area contributed by atoms with Crippen molar-refractivity contribution in [1.29, 1.82) is 0 Å². The molecule has 0 saturated heterocycles. The van der Waals surface area contributed by atoms with Gasteiger partial charge in [0.05, 0.1) is 12.3 Å². The second kappa shape index (κ2) is 5.89. The Bertz CT molecular complexity index is 481. The molecule has 1 aliphatic rings. The third kappa shape index (κ3) is 2.79. The van der Waals surface area contributed by atoms with Crippen LogP contribution >= 0.6 is 0 Å². The molecule has 0 radical (unpaired) electrons. The Hall–Kier alpha value is -1.81. The van der Waals surface area contributed by atoms with Crippen molar-refractivity contribution in [3.8, 4) is 0 Å². The van der Waals surface area contributed by atoms with Crippen LogP contribution in [0.2, 0.25) is 0 Å². The molecule has 1 aromatic carbocycles. The highest BCUT2D eigenvalue weighted by Crippen LogP contribution is 2.32. The van der Waals surface area contributed by atoms with Gasteiger partial charge in [-0.05, 0) is 24.5 Å². The topological polar surface area (TPSA) is 49.8 Å². The highest BCUT2D eigenvalue weighted by molar-refractivity contribution is 5.83. The molecule has 4 nitrogen and oxygen atoms in total. The first-order valence-corrected chi connectivity index (χ1v) is 6.49. The lowest BCUT2D eigenvalue weighted by atomic mass is 10.0. The number of carbonyl (C=O) groups is 1. The minimum atomic E-state index is -1.21. The normalized spacial score (nSPS) is 16.7. The van der Waals surface area contributed by atoms with Crippen LogP contribution in [0.25, 0.3) is 5.57 Å². The number of hydrogen-bond acceptors (Lipinski definition) is 4. The van der Waals surface area contributed by atoms with E-state index in [0.29, 0.717) is 5.70 Å². The molecular weight excluding hydrogens is 242 g/mol. The Morgan fingerprint density at radius 2 is 2.11 bits per heavy atom. The summed E-state index contributed by atoms with van der Waals surface area (Å²) in [6, 6.07) is 9.84. The molecule has 1 aliphatic heterocycles. The fraction of sp³-hybridized carbons (Fsp3) is 0.400. The van der Waals surface area contributed by atoms with Gasteiger partial charge in [0.15, 0.2) is 6.10 Å². The van der Waals surface area contributed by atoms with Gasteiger partial charge in [0.2, 0.25) is 0 Å². The molecule has 102 valence electrons. The van der Waals surface area contributed by atoms with Crippen molar-refractivity contribution in [3.63, 3.8) is 0 Å².